The smallest absolute Gasteiger partial charge is 0.0853 e. The number of aromatic nitrogens is 1. The molecule has 0 atom stereocenters. The maximum Gasteiger partial charge on any atom is 0.0853 e. The molecule has 4 nitrogen and oxygen atoms in total. The van der Waals surface area contributed by atoms with E-state index in [1.165, 1.54) is 25.9 Å². The van der Waals surface area contributed by atoms with Gasteiger partial charge >= 0.3 is 0 Å². The minimum absolute atomic E-state index is 0.00982. The number of anilines is 1. The minimum atomic E-state index is 0.00982. The highest BCUT2D eigenvalue weighted by atomic mass is 16.3. The molecule has 2 heterocycles. The summed E-state index contributed by atoms with van der Waals surface area (Å²) in [5.41, 5.74) is 1.88. The summed E-state index contributed by atoms with van der Waals surface area (Å²) in [6, 6.07) is 3.98. The topological polar surface area (TPSA) is 39.6 Å². The first-order valence-electron chi connectivity index (χ1n) is 6.64. The van der Waals surface area contributed by atoms with Gasteiger partial charge in [-0.05, 0) is 51.0 Å². The molecule has 2 rings (SSSR count). The Morgan fingerprint density at radius 3 is 2.83 bits per heavy atom. The molecule has 18 heavy (non-hydrogen) atoms. The van der Waals surface area contributed by atoms with Gasteiger partial charge < -0.3 is 14.9 Å². The van der Waals surface area contributed by atoms with Gasteiger partial charge in [-0.2, -0.15) is 0 Å². The Hall–Kier alpha value is -1.13. The van der Waals surface area contributed by atoms with Gasteiger partial charge in [-0.25, -0.2) is 0 Å². The first-order chi connectivity index (χ1) is 8.69. The Labute approximate surface area is 109 Å². The first kappa shape index (κ1) is 13.3. The molecule has 0 amide bonds. The average molecular weight is 249 g/mol. The molecule has 100 valence electrons. The number of hydrogen-bond acceptors (Lipinski definition) is 4. The zero-order valence-electron chi connectivity index (χ0n) is 11.3. The highest BCUT2D eigenvalue weighted by Gasteiger charge is 2.18. The maximum absolute atomic E-state index is 9.11. The van der Waals surface area contributed by atoms with Crippen LogP contribution in [-0.2, 0) is 6.61 Å². The lowest BCUT2D eigenvalue weighted by Crippen LogP contribution is -2.35. The summed E-state index contributed by atoms with van der Waals surface area (Å²) in [7, 11) is 4.31. The van der Waals surface area contributed by atoms with Crippen LogP contribution in [0.4, 0.5) is 5.69 Å². The fourth-order valence-electron chi connectivity index (χ4n) is 2.53. The monoisotopic (exact) mass is 249 g/mol. The molecule has 1 N–H and O–H groups in total. The molecule has 1 aliphatic rings. The van der Waals surface area contributed by atoms with Crippen LogP contribution in [0.1, 0.15) is 18.5 Å². The Balaban J connectivity index is 1.92. The van der Waals surface area contributed by atoms with Gasteiger partial charge in [0.05, 0.1) is 12.3 Å². The Morgan fingerprint density at radius 2 is 2.17 bits per heavy atom. The Morgan fingerprint density at radius 1 is 1.44 bits per heavy atom. The summed E-state index contributed by atoms with van der Waals surface area (Å²) in [4.78, 5) is 8.78. The molecule has 0 aliphatic carbocycles. The highest BCUT2D eigenvalue weighted by Crippen LogP contribution is 2.20. The number of aliphatic hydroxyl groups is 1. The molecule has 0 aromatic carbocycles. The Kier molecular flexibility index (Phi) is 4.55. The van der Waals surface area contributed by atoms with Crippen molar-refractivity contribution in [2.45, 2.75) is 19.4 Å². The summed E-state index contributed by atoms with van der Waals surface area (Å²) in [5.74, 6) is 0.775. The van der Waals surface area contributed by atoms with Crippen molar-refractivity contribution in [2.75, 3.05) is 38.6 Å². The number of aliphatic hydroxyl groups excluding tert-OH is 1. The van der Waals surface area contributed by atoms with Crippen LogP contribution in [0.2, 0.25) is 0 Å². The van der Waals surface area contributed by atoms with Gasteiger partial charge in [-0.3, -0.25) is 4.98 Å². The third-order valence-electron chi connectivity index (χ3n) is 3.77. The summed E-state index contributed by atoms with van der Waals surface area (Å²) in [5, 5.41) is 9.11. The van der Waals surface area contributed by atoms with E-state index in [4.69, 9.17) is 5.11 Å². The molecule has 1 saturated heterocycles. The molecule has 1 aromatic rings. The predicted molar refractivity (Wildman–Crippen MR) is 73.7 cm³/mol. The zero-order valence-corrected chi connectivity index (χ0v) is 11.3. The summed E-state index contributed by atoms with van der Waals surface area (Å²) < 4.78 is 0. The van der Waals surface area contributed by atoms with Crippen molar-refractivity contribution >= 4 is 5.69 Å². The molecule has 0 saturated carbocycles. The van der Waals surface area contributed by atoms with Crippen molar-refractivity contribution in [3.63, 3.8) is 0 Å². The molecule has 0 unspecified atom stereocenters. The van der Waals surface area contributed by atoms with Crippen molar-refractivity contribution in [2.24, 2.45) is 5.92 Å². The SMILES string of the molecule is CN1CCC(CN(C)c2ccnc(CO)c2)CC1. The number of hydrogen-bond donors (Lipinski definition) is 1. The molecule has 0 bridgehead atoms. The molecule has 1 aliphatic heterocycles. The number of piperidine rings is 1. The van der Waals surface area contributed by atoms with Crippen molar-refractivity contribution in [3.05, 3.63) is 24.0 Å². The van der Waals surface area contributed by atoms with Crippen LogP contribution in [0, 0.1) is 5.92 Å². The van der Waals surface area contributed by atoms with Crippen LogP contribution in [0.3, 0.4) is 0 Å². The van der Waals surface area contributed by atoms with Gasteiger partial charge in [0.2, 0.25) is 0 Å². The lowest BCUT2D eigenvalue weighted by molar-refractivity contribution is 0.222. The van der Waals surface area contributed by atoms with Gasteiger partial charge in [-0.15, -0.1) is 0 Å². The lowest BCUT2D eigenvalue weighted by atomic mass is 9.96. The van der Waals surface area contributed by atoms with Crippen LogP contribution >= 0.6 is 0 Å². The summed E-state index contributed by atoms with van der Waals surface area (Å²) >= 11 is 0. The first-order valence-corrected chi connectivity index (χ1v) is 6.64. The minimum Gasteiger partial charge on any atom is -0.390 e. The van der Waals surface area contributed by atoms with Crippen molar-refractivity contribution in [3.8, 4) is 0 Å². The van der Waals surface area contributed by atoms with E-state index in [2.05, 4.69) is 28.9 Å². The third-order valence-corrected chi connectivity index (χ3v) is 3.77. The fourth-order valence-corrected chi connectivity index (χ4v) is 2.53. The summed E-state index contributed by atoms with van der Waals surface area (Å²) in [6.07, 6.45) is 4.32. The van der Waals surface area contributed by atoms with Gasteiger partial charge in [0.1, 0.15) is 0 Å². The largest absolute Gasteiger partial charge is 0.390 e. The molecule has 1 aromatic heterocycles. The second kappa shape index (κ2) is 6.16. The highest BCUT2D eigenvalue weighted by molar-refractivity contribution is 5.45. The van der Waals surface area contributed by atoms with Crippen LogP contribution in [0.25, 0.3) is 0 Å². The lowest BCUT2D eigenvalue weighted by Gasteiger charge is -2.32. The standard InChI is InChI=1S/C14H23N3O/c1-16-7-4-12(5-8-16)10-17(2)14-3-6-15-13(9-14)11-18/h3,6,9,12,18H,4-5,7-8,10-11H2,1-2H3. The van der Waals surface area contributed by atoms with Gasteiger partial charge in [0.25, 0.3) is 0 Å². The second-order valence-electron chi connectivity index (χ2n) is 5.29. The zero-order chi connectivity index (χ0) is 13.0. The van der Waals surface area contributed by atoms with Crippen LogP contribution < -0.4 is 4.90 Å². The van der Waals surface area contributed by atoms with Crippen LogP contribution in [0.5, 0.6) is 0 Å². The van der Waals surface area contributed by atoms with E-state index in [0.717, 1.165) is 23.8 Å². The van der Waals surface area contributed by atoms with E-state index in [1.54, 1.807) is 6.20 Å². The van der Waals surface area contributed by atoms with Gasteiger partial charge in [0.15, 0.2) is 0 Å². The van der Waals surface area contributed by atoms with E-state index >= 15 is 0 Å². The normalized spacial score (nSPS) is 17.9. The van der Waals surface area contributed by atoms with E-state index in [9.17, 15) is 0 Å². The predicted octanol–water partition coefficient (Wildman–Crippen LogP) is 1.35. The number of pyridine rings is 1. The molecule has 1 fully saturated rings. The maximum atomic E-state index is 9.11. The van der Waals surface area contributed by atoms with Crippen LogP contribution in [0.15, 0.2) is 18.3 Å². The number of likely N-dealkylation sites (tertiary alicyclic amines) is 1. The quantitative estimate of drug-likeness (QED) is 0.874. The molecule has 4 heteroatoms. The summed E-state index contributed by atoms with van der Waals surface area (Å²) in [6.45, 7) is 3.51. The van der Waals surface area contributed by atoms with Crippen molar-refractivity contribution < 1.29 is 5.11 Å². The van der Waals surface area contributed by atoms with E-state index in [-0.39, 0.29) is 6.61 Å². The average Bonchev–Trinajstić information content (AvgIpc) is 2.41. The van der Waals surface area contributed by atoms with Gasteiger partial charge in [0, 0.05) is 25.5 Å². The number of nitrogens with zero attached hydrogens (tertiary/aromatic N) is 3. The third kappa shape index (κ3) is 3.43. The van der Waals surface area contributed by atoms with Crippen molar-refractivity contribution in [1.82, 2.24) is 9.88 Å². The van der Waals surface area contributed by atoms with Crippen LogP contribution in [-0.4, -0.2) is 48.7 Å². The van der Waals surface area contributed by atoms with E-state index in [1.807, 2.05) is 12.1 Å². The number of rotatable bonds is 4. The molecular formula is C14H23N3O. The Bertz CT molecular complexity index is 375. The molecular weight excluding hydrogens is 226 g/mol. The van der Waals surface area contributed by atoms with E-state index < -0.39 is 0 Å². The molecule has 0 spiro atoms. The van der Waals surface area contributed by atoms with Crippen molar-refractivity contribution in [1.29, 1.82) is 0 Å². The fraction of sp³-hybridized carbons (Fsp3) is 0.643. The van der Waals surface area contributed by atoms with E-state index in [0.29, 0.717) is 0 Å². The second-order valence-corrected chi connectivity index (χ2v) is 5.29. The van der Waals surface area contributed by atoms with Gasteiger partial charge in [-0.1, -0.05) is 0 Å². The molecule has 0 radical (unpaired) electrons.